The molecule has 3 rings (SSSR count). The van der Waals surface area contributed by atoms with Crippen molar-refractivity contribution in [1.82, 2.24) is 0 Å². The summed E-state index contributed by atoms with van der Waals surface area (Å²) >= 11 is 0. The van der Waals surface area contributed by atoms with Crippen LogP contribution in [-0.4, -0.2) is 57.8 Å². The van der Waals surface area contributed by atoms with Gasteiger partial charge in [0.2, 0.25) is 0 Å². The summed E-state index contributed by atoms with van der Waals surface area (Å²) < 4.78 is 21.5. The van der Waals surface area contributed by atoms with Gasteiger partial charge in [0.1, 0.15) is 24.1 Å². The van der Waals surface area contributed by atoms with Crippen LogP contribution in [0.15, 0.2) is 23.0 Å². The third-order valence-corrected chi connectivity index (χ3v) is 5.31. The summed E-state index contributed by atoms with van der Waals surface area (Å²) in [5, 5.41) is 21.9. The molecular formula is C19H24O9. The van der Waals surface area contributed by atoms with E-state index in [4.69, 9.17) is 18.9 Å². The normalized spacial score (nSPS) is 39.1. The Morgan fingerprint density at radius 1 is 1.21 bits per heavy atom. The van der Waals surface area contributed by atoms with Gasteiger partial charge in [0, 0.05) is 32.3 Å². The van der Waals surface area contributed by atoms with Crippen LogP contribution in [0.5, 0.6) is 0 Å². The number of carbonyl (C=O) groups is 3. The fourth-order valence-corrected chi connectivity index (χ4v) is 3.83. The van der Waals surface area contributed by atoms with Crippen LogP contribution in [0.1, 0.15) is 47.0 Å². The summed E-state index contributed by atoms with van der Waals surface area (Å²) in [5.74, 6) is -3.76. The van der Waals surface area contributed by atoms with Gasteiger partial charge >= 0.3 is 17.9 Å². The van der Waals surface area contributed by atoms with E-state index in [0.717, 1.165) is 0 Å². The summed E-state index contributed by atoms with van der Waals surface area (Å²) in [4.78, 5) is 35.3. The van der Waals surface area contributed by atoms with Gasteiger partial charge in [0.15, 0.2) is 5.79 Å². The fraction of sp³-hybridized carbons (Fsp3) is 0.632. The van der Waals surface area contributed by atoms with E-state index >= 15 is 0 Å². The Morgan fingerprint density at radius 3 is 2.50 bits per heavy atom. The number of fused-ring (bicyclic) bond motifs is 3. The highest BCUT2D eigenvalue weighted by molar-refractivity contribution is 5.95. The molecule has 1 fully saturated rings. The molecule has 0 amide bonds. The number of hydrogen-bond acceptors (Lipinski definition) is 9. The van der Waals surface area contributed by atoms with Crippen molar-refractivity contribution in [3.63, 3.8) is 0 Å². The van der Waals surface area contributed by atoms with E-state index in [1.54, 1.807) is 6.92 Å². The Bertz CT molecular complexity index is 793. The Kier molecular flexibility index (Phi) is 4.89. The summed E-state index contributed by atoms with van der Waals surface area (Å²) in [5.41, 5.74) is -2.62. The van der Waals surface area contributed by atoms with Gasteiger partial charge < -0.3 is 29.2 Å². The Labute approximate surface area is 161 Å². The largest absolute Gasteiger partial charge is 0.461 e. The Morgan fingerprint density at radius 2 is 1.89 bits per heavy atom. The molecule has 28 heavy (non-hydrogen) atoms. The molecular weight excluding hydrogens is 372 g/mol. The Balaban J connectivity index is 2.16. The highest BCUT2D eigenvalue weighted by atomic mass is 16.7. The number of hydrogen-bond donors (Lipinski definition) is 2. The maximum atomic E-state index is 12.4. The molecule has 2 N–H and O–H groups in total. The second-order valence-electron chi connectivity index (χ2n) is 7.85. The van der Waals surface area contributed by atoms with Crippen molar-refractivity contribution in [2.45, 2.75) is 70.1 Å². The van der Waals surface area contributed by atoms with Crippen LogP contribution in [0, 0.1) is 0 Å². The lowest BCUT2D eigenvalue weighted by molar-refractivity contribution is -0.298. The Hall–Kier alpha value is -2.23. The quantitative estimate of drug-likeness (QED) is 0.521. The molecule has 4 atom stereocenters. The molecule has 0 radical (unpaired) electrons. The van der Waals surface area contributed by atoms with Crippen LogP contribution in [0.25, 0.3) is 0 Å². The molecule has 0 aliphatic carbocycles. The van der Waals surface area contributed by atoms with Crippen molar-refractivity contribution < 1.29 is 43.5 Å². The molecule has 0 aromatic heterocycles. The van der Waals surface area contributed by atoms with Crippen molar-refractivity contribution >= 4 is 17.9 Å². The molecule has 3 heterocycles. The van der Waals surface area contributed by atoms with Gasteiger partial charge in [-0.25, -0.2) is 4.79 Å². The van der Waals surface area contributed by atoms with Gasteiger partial charge in [-0.2, -0.15) is 0 Å². The first-order chi connectivity index (χ1) is 12.9. The zero-order chi connectivity index (χ0) is 20.9. The second-order valence-corrected chi connectivity index (χ2v) is 7.85. The van der Waals surface area contributed by atoms with E-state index in [9.17, 15) is 24.6 Å². The predicted octanol–water partition coefficient (Wildman–Crippen LogP) is 0.631. The van der Waals surface area contributed by atoms with Crippen molar-refractivity contribution in [3.05, 3.63) is 23.0 Å². The van der Waals surface area contributed by atoms with Gasteiger partial charge in [0.05, 0.1) is 11.2 Å². The topological polar surface area (TPSA) is 129 Å². The molecule has 0 saturated carbocycles. The van der Waals surface area contributed by atoms with Crippen LogP contribution >= 0.6 is 0 Å². The summed E-state index contributed by atoms with van der Waals surface area (Å²) in [6, 6.07) is 0. The lowest BCUT2D eigenvalue weighted by Crippen LogP contribution is -2.54. The molecule has 0 aromatic carbocycles. The number of rotatable bonds is 3. The number of ether oxygens (including phenoxy) is 4. The van der Waals surface area contributed by atoms with E-state index in [1.165, 1.54) is 26.8 Å². The SMILES string of the molecule is CC(=O)OCC1=C2/C(=C\[C@@]3(C)CC[C@](O)(O3)[C@@](C)(O)C[C@H]2OC(C)=O)OC1=O. The molecule has 0 spiro atoms. The summed E-state index contributed by atoms with van der Waals surface area (Å²) in [7, 11) is 0. The van der Waals surface area contributed by atoms with Crippen LogP contribution in [0.2, 0.25) is 0 Å². The number of aliphatic hydroxyl groups is 2. The lowest BCUT2D eigenvalue weighted by atomic mass is 9.82. The van der Waals surface area contributed by atoms with Crippen molar-refractivity contribution in [2.75, 3.05) is 6.61 Å². The van der Waals surface area contributed by atoms with Crippen molar-refractivity contribution in [2.24, 2.45) is 0 Å². The monoisotopic (exact) mass is 396 g/mol. The van der Waals surface area contributed by atoms with E-state index in [-0.39, 0.29) is 36.4 Å². The van der Waals surface area contributed by atoms with E-state index < -0.39 is 41.0 Å². The number of carbonyl (C=O) groups excluding carboxylic acids is 3. The maximum Gasteiger partial charge on any atom is 0.343 e. The van der Waals surface area contributed by atoms with Crippen molar-refractivity contribution in [3.8, 4) is 0 Å². The minimum absolute atomic E-state index is 0.0110. The number of esters is 3. The zero-order valence-electron chi connectivity index (χ0n) is 16.2. The standard InChI is InChI=1S/C19H24O9/c1-10(20)25-9-12-15-13(27-16(12)22)7-17(3)5-6-19(24,28-17)18(4,23)8-14(15)26-11(2)21/h7,14,23-24H,5-6,8-9H2,1-4H3/b13-7+/t14-,17-,18+,19+/m1/s1. The van der Waals surface area contributed by atoms with Gasteiger partial charge in [-0.15, -0.1) is 0 Å². The molecule has 3 aliphatic rings. The van der Waals surface area contributed by atoms with E-state index in [2.05, 4.69) is 0 Å². The zero-order valence-corrected chi connectivity index (χ0v) is 16.2. The first-order valence-corrected chi connectivity index (χ1v) is 9.00. The van der Waals surface area contributed by atoms with E-state index in [1.807, 2.05) is 0 Å². The smallest absolute Gasteiger partial charge is 0.343 e. The average molecular weight is 396 g/mol. The highest BCUT2D eigenvalue weighted by Gasteiger charge is 2.58. The van der Waals surface area contributed by atoms with Crippen LogP contribution < -0.4 is 0 Å². The lowest BCUT2D eigenvalue weighted by Gasteiger charge is -2.40. The highest BCUT2D eigenvalue weighted by Crippen LogP contribution is 2.49. The van der Waals surface area contributed by atoms with Crippen molar-refractivity contribution in [1.29, 1.82) is 0 Å². The molecule has 154 valence electrons. The molecule has 9 nitrogen and oxygen atoms in total. The third kappa shape index (κ3) is 3.57. The first kappa shape index (κ1) is 20.5. The van der Waals surface area contributed by atoms with Crippen LogP contribution in [0.4, 0.5) is 0 Å². The third-order valence-electron chi connectivity index (χ3n) is 5.31. The molecule has 3 aliphatic heterocycles. The minimum Gasteiger partial charge on any atom is -0.461 e. The summed E-state index contributed by atoms with van der Waals surface area (Å²) in [6.45, 7) is 5.08. The van der Waals surface area contributed by atoms with Gasteiger partial charge in [-0.1, -0.05) is 0 Å². The first-order valence-electron chi connectivity index (χ1n) is 9.00. The molecule has 0 unspecified atom stereocenters. The fourth-order valence-electron chi connectivity index (χ4n) is 3.83. The minimum atomic E-state index is -1.88. The average Bonchev–Trinajstić information content (AvgIpc) is 3.01. The van der Waals surface area contributed by atoms with E-state index in [0.29, 0.717) is 6.42 Å². The second kappa shape index (κ2) is 6.68. The molecule has 1 saturated heterocycles. The van der Waals surface area contributed by atoms with Crippen LogP contribution in [0.3, 0.4) is 0 Å². The molecule has 0 aromatic rings. The van der Waals surface area contributed by atoms with Gasteiger partial charge in [-0.3, -0.25) is 9.59 Å². The van der Waals surface area contributed by atoms with Gasteiger partial charge in [0.25, 0.3) is 0 Å². The molecule has 2 bridgehead atoms. The summed E-state index contributed by atoms with van der Waals surface area (Å²) in [6.07, 6.45) is 0.653. The van der Waals surface area contributed by atoms with Gasteiger partial charge in [-0.05, 0) is 26.3 Å². The molecule has 9 heteroatoms. The predicted molar refractivity (Wildman–Crippen MR) is 92.3 cm³/mol. The maximum absolute atomic E-state index is 12.4. The van der Waals surface area contributed by atoms with Crippen LogP contribution in [-0.2, 0) is 33.3 Å².